The van der Waals surface area contributed by atoms with E-state index < -0.39 is 8.32 Å². The van der Waals surface area contributed by atoms with Crippen LogP contribution in [-0.2, 0) is 15.6 Å². The summed E-state index contributed by atoms with van der Waals surface area (Å²) in [7, 11) is -1.67. The smallest absolute Gasteiger partial charge is 0.192 e. The lowest BCUT2D eigenvalue weighted by Crippen LogP contribution is -2.40. The number of aryl methyl sites for hydroxylation is 1. The Labute approximate surface area is 142 Å². The third-order valence-electron chi connectivity index (χ3n) is 4.72. The second-order valence-corrected chi connectivity index (χ2v) is 12.5. The van der Waals surface area contributed by atoms with Gasteiger partial charge in [-0.15, -0.1) is 0 Å². The number of furan rings is 1. The molecular weight excluding hydrogens is 304 g/mol. The molecule has 1 aromatic heterocycles. The standard InChI is InChI=1S/C19H32O3Si/c1-19(2,3)23(4,5)22-15-7-6-10-17(16-20)11-8-12-18-13-9-14-21-18/h6-7,9,13-14,16-17H,8,10-12,15H2,1-5H3/b7-6+/t17-/m1/s1. The van der Waals surface area contributed by atoms with Crippen molar-refractivity contribution in [3.05, 3.63) is 36.3 Å². The van der Waals surface area contributed by atoms with Crippen LogP contribution in [0.4, 0.5) is 0 Å². The predicted octanol–water partition coefficient (Wildman–Crippen LogP) is 5.39. The first-order valence-corrected chi connectivity index (χ1v) is 11.4. The van der Waals surface area contributed by atoms with E-state index in [-0.39, 0.29) is 11.0 Å². The van der Waals surface area contributed by atoms with E-state index in [0.29, 0.717) is 6.61 Å². The molecule has 0 spiro atoms. The van der Waals surface area contributed by atoms with Crippen LogP contribution in [0.5, 0.6) is 0 Å². The third-order valence-corrected chi connectivity index (χ3v) is 9.22. The molecule has 0 bridgehead atoms. The van der Waals surface area contributed by atoms with E-state index >= 15 is 0 Å². The van der Waals surface area contributed by atoms with E-state index in [4.69, 9.17) is 8.84 Å². The maximum absolute atomic E-state index is 11.2. The summed E-state index contributed by atoms with van der Waals surface area (Å²) >= 11 is 0. The summed E-state index contributed by atoms with van der Waals surface area (Å²) in [6.45, 7) is 11.9. The number of hydrogen-bond acceptors (Lipinski definition) is 3. The van der Waals surface area contributed by atoms with Crippen LogP contribution in [-0.4, -0.2) is 21.2 Å². The van der Waals surface area contributed by atoms with Gasteiger partial charge in [0.15, 0.2) is 8.32 Å². The first-order chi connectivity index (χ1) is 10.8. The van der Waals surface area contributed by atoms with Crippen molar-refractivity contribution in [3.8, 4) is 0 Å². The van der Waals surface area contributed by atoms with E-state index in [1.165, 1.54) is 0 Å². The molecule has 0 aliphatic carbocycles. The van der Waals surface area contributed by atoms with Gasteiger partial charge in [0, 0.05) is 12.3 Å². The van der Waals surface area contributed by atoms with Crippen LogP contribution in [0.1, 0.15) is 45.8 Å². The predicted molar refractivity (Wildman–Crippen MR) is 98.1 cm³/mol. The molecule has 130 valence electrons. The van der Waals surface area contributed by atoms with Gasteiger partial charge in [-0.3, -0.25) is 0 Å². The van der Waals surface area contributed by atoms with E-state index in [2.05, 4.69) is 46.0 Å². The third kappa shape index (κ3) is 7.31. The fraction of sp³-hybridized carbons (Fsp3) is 0.632. The van der Waals surface area contributed by atoms with Crippen molar-refractivity contribution in [2.75, 3.05) is 6.61 Å². The molecular formula is C19H32O3Si. The molecule has 0 unspecified atom stereocenters. The highest BCUT2D eigenvalue weighted by molar-refractivity contribution is 6.74. The van der Waals surface area contributed by atoms with E-state index in [9.17, 15) is 4.79 Å². The van der Waals surface area contributed by atoms with Crippen LogP contribution in [0, 0.1) is 5.92 Å². The van der Waals surface area contributed by atoms with Crippen LogP contribution < -0.4 is 0 Å². The largest absolute Gasteiger partial charge is 0.469 e. The Morgan fingerprint density at radius 1 is 1.30 bits per heavy atom. The van der Waals surface area contributed by atoms with Crippen molar-refractivity contribution >= 4 is 14.6 Å². The van der Waals surface area contributed by atoms with Crippen molar-refractivity contribution in [2.45, 2.75) is 64.6 Å². The molecule has 0 N–H and O–H groups in total. The summed E-state index contributed by atoms with van der Waals surface area (Å²) in [5.41, 5.74) is 0. The minimum Gasteiger partial charge on any atom is -0.469 e. The van der Waals surface area contributed by atoms with Crippen LogP contribution in [0.25, 0.3) is 0 Å². The first-order valence-electron chi connectivity index (χ1n) is 8.53. The molecule has 1 atom stereocenters. The highest BCUT2D eigenvalue weighted by Gasteiger charge is 2.36. The van der Waals surface area contributed by atoms with Crippen LogP contribution in [0.3, 0.4) is 0 Å². The number of carbonyl (C=O) groups is 1. The molecule has 1 rings (SSSR count). The highest BCUT2D eigenvalue weighted by Crippen LogP contribution is 2.36. The van der Waals surface area contributed by atoms with Crippen molar-refractivity contribution in [3.63, 3.8) is 0 Å². The summed E-state index contributed by atoms with van der Waals surface area (Å²) in [5, 5.41) is 0.234. The van der Waals surface area contributed by atoms with Gasteiger partial charge in [-0.2, -0.15) is 0 Å². The normalized spacial score (nSPS) is 14.3. The second-order valence-electron chi connectivity index (χ2n) is 7.65. The Hall–Kier alpha value is -1.13. The lowest BCUT2D eigenvalue weighted by atomic mass is 9.99. The van der Waals surface area contributed by atoms with Gasteiger partial charge in [0.05, 0.1) is 12.9 Å². The molecule has 0 radical (unpaired) electrons. The van der Waals surface area contributed by atoms with Gasteiger partial charge in [-0.1, -0.05) is 32.9 Å². The van der Waals surface area contributed by atoms with Gasteiger partial charge in [-0.05, 0) is 49.5 Å². The van der Waals surface area contributed by atoms with Gasteiger partial charge in [0.25, 0.3) is 0 Å². The maximum atomic E-state index is 11.2. The van der Waals surface area contributed by atoms with Gasteiger partial charge in [-0.25, -0.2) is 0 Å². The number of aldehydes is 1. The molecule has 0 aliphatic heterocycles. The molecule has 0 aliphatic rings. The average Bonchev–Trinajstić information content (AvgIpc) is 2.97. The molecule has 1 aromatic rings. The molecule has 0 saturated carbocycles. The van der Waals surface area contributed by atoms with E-state index in [1.54, 1.807) is 6.26 Å². The zero-order chi connectivity index (χ0) is 17.3. The molecule has 3 nitrogen and oxygen atoms in total. The van der Waals surface area contributed by atoms with Gasteiger partial charge in [0.1, 0.15) is 12.0 Å². The van der Waals surface area contributed by atoms with Gasteiger partial charge >= 0.3 is 0 Å². The first kappa shape index (κ1) is 19.9. The van der Waals surface area contributed by atoms with Crippen molar-refractivity contribution in [2.24, 2.45) is 5.92 Å². The topological polar surface area (TPSA) is 39.4 Å². The number of allylic oxidation sites excluding steroid dienone is 1. The van der Waals surface area contributed by atoms with Crippen LogP contribution in [0.2, 0.25) is 18.1 Å². The van der Waals surface area contributed by atoms with Crippen molar-refractivity contribution < 1.29 is 13.6 Å². The molecule has 4 heteroatoms. The molecule has 0 aromatic carbocycles. The number of rotatable bonds is 10. The van der Waals surface area contributed by atoms with Crippen LogP contribution >= 0.6 is 0 Å². The van der Waals surface area contributed by atoms with E-state index in [1.807, 2.05) is 12.1 Å². The Bertz CT molecular complexity index is 469. The quantitative estimate of drug-likeness (QED) is 0.327. The second kappa shape index (κ2) is 9.23. The minimum absolute atomic E-state index is 0.0917. The Balaban J connectivity index is 2.24. The Morgan fingerprint density at radius 3 is 2.61 bits per heavy atom. The summed E-state index contributed by atoms with van der Waals surface area (Å²) in [6.07, 6.45) is 10.5. The Morgan fingerprint density at radius 2 is 2.04 bits per heavy atom. The minimum atomic E-state index is -1.67. The number of hydrogen-bond donors (Lipinski definition) is 0. The van der Waals surface area contributed by atoms with Gasteiger partial charge in [0.2, 0.25) is 0 Å². The summed E-state index contributed by atoms with van der Waals surface area (Å²) in [5.74, 6) is 1.09. The van der Waals surface area contributed by atoms with E-state index in [0.717, 1.165) is 37.7 Å². The fourth-order valence-corrected chi connectivity index (χ4v) is 2.99. The number of carbonyl (C=O) groups excluding carboxylic acids is 1. The summed E-state index contributed by atoms with van der Waals surface area (Å²) in [4.78, 5) is 11.2. The van der Waals surface area contributed by atoms with Crippen molar-refractivity contribution in [1.29, 1.82) is 0 Å². The monoisotopic (exact) mass is 336 g/mol. The molecule has 23 heavy (non-hydrogen) atoms. The zero-order valence-corrected chi connectivity index (χ0v) is 16.3. The van der Waals surface area contributed by atoms with Crippen LogP contribution in [0.15, 0.2) is 35.0 Å². The zero-order valence-electron chi connectivity index (χ0n) is 15.3. The molecule has 0 saturated heterocycles. The lowest BCUT2D eigenvalue weighted by Gasteiger charge is -2.35. The maximum Gasteiger partial charge on any atom is 0.192 e. The summed E-state index contributed by atoms with van der Waals surface area (Å²) < 4.78 is 11.4. The summed E-state index contributed by atoms with van der Waals surface area (Å²) in [6, 6.07) is 3.88. The highest BCUT2D eigenvalue weighted by atomic mass is 28.4. The van der Waals surface area contributed by atoms with Crippen molar-refractivity contribution in [1.82, 2.24) is 0 Å². The molecule has 1 heterocycles. The Kier molecular flexibility index (Phi) is 7.99. The lowest BCUT2D eigenvalue weighted by molar-refractivity contribution is -0.111. The molecule has 0 amide bonds. The average molecular weight is 337 g/mol. The molecule has 0 fully saturated rings. The SMILES string of the molecule is CC(C)(C)[Si](C)(C)OC/C=C/C[C@@H](C=O)CCCc1ccco1. The van der Waals surface area contributed by atoms with Gasteiger partial charge < -0.3 is 13.6 Å². The fourth-order valence-electron chi connectivity index (χ4n) is 2.05.